The van der Waals surface area contributed by atoms with Crippen molar-refractivity contribution in [2.75, 3.05) is 6.54 Å². The molecule has 0 fully saturated rings. The number of rotatable bonds is 3. The lowest BCUT2D eigenvalue weighted by Crippen LogP contribution is -1.95. The van der Waals surface area contributed by atoms with Crippen molar-refractivity contribution in [1.29, 1.82) is 0 Å². The van der Waals surface area contributed by atoms with Gasteiger partial charge in [-0.3, -0.25) is 10.1 Å². The largest absolute Gasteiger partial charge is 0.264 e. The number of nitrogens with zero attached hydrogens (tertiary/aromatic N) is 1. The zero-order valence-electron chi connectivity index (χ0n) is 6.51. The molecule has 0 aromatic heterocycles. The number of benzene rings is 1. The fraction of sp³-hybridized carbons (Fsp3) is 0.111. The normalized spacial score (nSPS) is 10.3. The SMILES string of the molecule is O=[N+]([O-])C/C=C/c1ccccc1. The molecular formula is C9H9NO2. The Morgan fingerprint density at radius 1 is 1.33 bits per heavy atom. The summed E-state index contributed by atoms with van der Waals surface area (Å²) < 4.78 is 0. The van der Waals surface area contributed by atoms with Crippen molar-refractivity contribution in [2.24, 2.45) is 0 Å². The molecule has 62 valence electrons. The van der Waals surface area contributed by atoms with Gasteiger partial charge in [-0.25, -0.2) is 0 Å². The van der Waals surface area contributed by atoms with Gasteiger partial charge < -0.3 is 0 Å². The first-order chi connectivity index (χ1) is 5.79. The molecule has 0 unspecified atom stereocenters. The van der Waals surface area contributed by atoms with E-state index in [2.05, 4.69) is 0 Å². The van der Waals surface area contributed by atoms with Crippen LogP contribution in [0.4, 0.5) is 0 Å². The maximum absolute atomic E-state index is 9.94. The van der Waals surface area contributed by atoms with E-state index in [0.717, 1.165) is 5.56 Å². The summed E-state index contributed by atoms with van der Waals surface area (Å²) in [5.74, 6) is 0. The van der Waals surface area contributed by atoms with Gasteiger partial charge in [0.25, 0.3) is 0 Å². The summed E-state index contributed by atoms with van der Waals surface area (Å²) in [4.78, 5) is 9.58. The molecule has 0 saturated heterocycles. The van der Waals surface area contributed by atoms with Crippen molar-refractivity contribution in [3.63, 3.8) is 0 Å². The van der Waals surface area contributed by atoms with Crippen molar-refractivity contribution in [1.82, 2.24) is 0 Å². The van der Waals surface area contributed by atoms with Crippen molar-refractivity contribution < 1.29 is 4.92 Å². The smallest absolute Gasteiger partial charge is 0.222 e. The Morgan fingerprint density at radius 2 is 2.00 bits per heavy atom. The van der Waals surface area contributed by atoms with Crippen LogP contribution < -0.4 is 0 Å². The first-order valence-corrected chi connectivity index (χ1v) is 3.62. The van der Waals surface area contributed by atoms with Crippen LogP contribution in [0.5, 0.6) is 0 Å². The van der Waals surface area contributed by atoms with Crippen LogP contribution in [0.3, 0.4) is 0 Å². The molecule has 0 spiro atoms. The molecule has 0 radical (unpaired) electrons. The monoisotopic (exact) mass is 163 g/mol. The third kappa shape index (κ3) is 2.96. The maximum atomic E-state index is 9.94. The minimum absolute atomic E-state index is 0.116. The van der Waals surface area contributed by atoms with Crippen LogP contribution in [-0.2, 0) is 0 Å². The highest BCUT2D eigenvalue weighted by Gasteiger charge is 1.88. The molecule has 0 heterocycles. The molecule has 12 heavy (non-hydrogen) atoms. The van der Waals surface area contributed by atoms with Gasteiger partial charge in [-0.15, -0.1) is 0 Å². The molecule has 0 saturated carbocycles. The molecule has 0 aliphatic carbocycles. The second-order valence-corrected chi connectivity index (χ2v) is 2.33. The second-order valence-electron chi connectivity index (χ2n) is 2.33. The zero-order valence-corrected chi connectivity index (χ0v) is 6.51. The van der Waals surface area contributed by atoms with Crippen molar-refractivity contribution in [3.8, 4) is 0 Å². The van der Waals surface area contributed by atoms with Gasteiger partial charge in [0.2, 0.25) is 6.54 Å². The average molecular weight is 163 g/mol. The van der Waals surface area contributed by atoms with Crippen LogP contribution in [0.15, 0.2) is 36.4 Å². The summed E-state index contributed by atoms with van der Waals surface area (Å²) in [6, 6.07) is 9.50. The minimum atomic E-state index is -0.362. The Hall–Kier alpha value is -1.64. The van der Waals surface area contributed by atoms with E-state index < -0.39 is 0 Å². The Morgan fingerprint density at radius 3 is 2.58 bits per heavy atom. The molecular weight excluding hydrogens is 154 g/mol. The summed E-state index contributed by atoms with van der Waals surface area (Å²) in [5.41, 5.74) is 0.986. The molecule has 1 aromatic rings. The van der Waals surface area contributed by atoms with E-state index in [0.29, 0.717) is 0 Å². The number of nitro groups is 1. The molecule has 3 nitrogen and oxygen atoms in total. The van der Waals surface area contributed by atoms with Gasteiger partial charge in [0, 0.05) is 4.92 Å². The lowest BCUT2D eigenvalue weighted by Gasteiger charge is -1.88. The van der Waals surface area contributed by atoms with Crippen LogP contribution in [0.2, 0.25) is 0 Å². The van der Waals surface area contributed by atoms with E-state index in [1.165, 1.54) is 6.08 Å². The van der Waals surface area contributed by atoms with Gasteiger partial charge >= 0.3 is 0 Å². The van der Waals surface area contributed by atoms with Crippen LogP contribution >= 0.6 is 0 Å². The first-order valence-electron chi connectivity index (χ1n) is 3.62. The average Bonchev–Trinajstić information content (AvgIpc) is 2.05. The summed E-state index contributed by atoms with van der Waals surface area (Å²) >= 11 is 0. The third-order valence-corrected chi connectivity index (χ3v) is 1.36. The lowest BCUT2D eigenvalue weighted by atomic mass is 10.2. The maximum Gasteiger partial charge on any atom is 0.222 e. The third-order valence-electron chi connectivity index (χ3n) is 1.36. The van der Waals surface area contributed by atoms with Gasteiger partial charge in [-0.1, -0.05) is 36.4 Å². The van der Waals surface area contributed by atoms with Gasteiger partial charge in [0.1, 0.15) is 0 Å². The molecule has 0 atom stereocenters. The molecule has 1 aromatic carbocycles. The van der Waals surface area contributed by atoms with Crippen molar-refractivity contribution in [3.05, 3.63) is 52.1 Å². The molecule has 3 heteroatoms. The van der Waals surface area contributed by atoms with E-state index in [1.54, 1.807) is 6.08 Å². The summed E-state index contributed by atoms with van der Waals surface area (Å²) in [6.45, 7) is -0.116. The molecule has 1 rings (SSSR count). The summed E-state index contributed by atoms with van der Waals surface area (Å²) in [7, 11) is 0. The highest BCUT2D eigenvalue weighted by molar-refractivity contribution is 5.48. The van der Waals surface area contributed by atoms with Gasteiger partial charge in [0.05, 0.1) is 0 Å². The molecule has 0 aliphatic heterocycles. The van der Waals surface area contributed by atoms with Crippen molar-refractivity contribution >= 4 is 6.08 Å². The Labute approximate surface area is 70.5 Å². The van der Waals surface area contributed by atoms with E-state index >= 15 is 0 Å². The first kappa shape index (κ1) is 8.46. The topological polar surface area (TPSA) is 43.1 Å². The van der Waals surface area contributed by atoms with E-state index in [4.69, 9.17) is 0 Å². The van der Waals surface area contributed by atoms with Gasteiger partial charge in [-0.05, 0) is 11.6 Å². The molecule has 0 amide bonds. The van der Waals surface area contributed by atoms with Gasteiger partial charge in [-0.2, -0.15) is 0 Å². The Balaban J connectivity index is 2.52. The lowest BCUT2D eigenvalue weighted by molar-refractivity contribution is -0.468. The highest BCUT2D eigenvalue weighted by atomic mass is 16.6. The number of hydrogen-bond acceptors (Lipinski definition) is 2. The summed E-state index contributed by atoms with van der Waals surface area (Å²) in [5, 5.41) is 9.94. The Kier molecular flexibility index (Phi) is 3.02. The predicted molar refractivity (Wildman–Crippen MR) is 47.3 cm³/mol. The fourth-order valence-electron chi connectivity index (χ4n) is 0.839. The predicted octanol–water partition coefficient (Wildman–Crippen LogP) is 1.98. The van der Waals surface area contributed by atoms with Crippen molar-refractivity contribution in [2.45, 2.75) is 0 Å². The quantitative estimate of drug-likeness (QED) is 0.505. The van der Waals surface area contributed by atoms with E-state index in [9.17, 15) is 10.1 Å². The zero-order chi connectivity index (χ0) is 8.81. The highest BCUT2D eigenvalue weighted by Crippen LogP contribution is 2.00. The fourth-order valence-corrected chi connectivity index (χ4v) is 0.839. The number of hydrogen-bond donors (Lipinski definition) is 0. The Bertz CT molecular complexity index is 280. The molecule has 0 aliphatic rings. The molecule has 0 N–H and O–H groups in total. The van der Waals surface area contributed by atoms with Crippen LogP contribution in [-0.4, -0.2) is 11.5 Å². The minimum Gasteiger partial charge on any atom is -0.264 e. The van der Waals surface area contributed by atoms with Gasteiger partial charge in [0.15, 0.2) is 0 Å². The van der Waals surface area contributed by atoms with Crippen LogP contribution in [0, 0.1) is 10.1 Å². The molecule has 0 bridgehead atoms. The van der Waals surface area contributed by atoms with Crippen LogP contribution in [0.1, 0.15) is 5.56 Å². The van der Waals surface area contributed by atoms with E-state index in [1.807, 2.05) is 30.3 Å². The second kappa shape index (κ2) is 4.28. The summed E-state index contributed by atoms with van der Waals surface area (Å²) in [6.07, 6.45) is 3.28. The van der Waals surface area contributed by atoms with E-state index in [-0.39, 0.29) is 11.5 Å². The standard InChI is InChI=1S/C9H9NO2/c11-10(12)8-4-7-9-5-2-1-3-6-9/h1-7H,8H2/b7-4+. The van der Waals surface area contributed by atoms with Crippen LogP contribution in [0.25, 0.3) is 6.08 Å².